The minimum absolute atomic E-state index is 0.972. The molecular formula is C18H30O15. The van der Waals surface area contributed by atoms with Gasteiger partial charge in [-0.25, -0.2) is 4.79 Å². The fourth-order valence-corrected chi connectivity index (χ4v) is 3.90. The highest BCUT2D eigenvalue weighted by Gasteiger charge is 2.53. The van der Waals surface area contributed by atoms with Gasteiger partial charge in [0.1, 0.15) is 54.9 Å². The molecule has 3 aliphatic heterocycles. The number of aliphatic carboxylic acids is 1. The molecule has 33 heavy (non-hydrogen) atoms. The van der Waals surface area contributed by atoms with E-state index in [1.807, 2.05) is 0 Å². The summed E-state index contributed by atoms with van der Waals surface area (Å²) < 4.78 is 26.5. The summed E-state index contributed by atoms with van der Waals surface area (Å²) in [5.74, 6) is -1.67. The summed E-state index contributed by atoms with van der Waals surface area (Å²) in [6.07, 6.45) is -25.0. The number of hydrogen-bond donors (Lipinski definition) is 9. The van der Waals surface area contributed by atoms with Gasteiger partial charge in [-0.1, -0.05) is 0 Å². The van der Waals surface area contributed by atoms with Crippen molar-refractivity contribution < 1.29 is 74.4 Å². The Morgan fingerprint density at radius 3 is 1.79 bits per heavy atom. The molecule has 3 heterocycles. The zero-order valence-corrected chi connectivity index (χ0v) is 17.6. The Kier molecular flexibility index (Phi) is 8.28. The monoisotopic (exact) mass is 486 g/mol. The zero-order valence-electron chi connectivity index (χ0n) is 17.6. The van der Waals surface area contributed by atoms with Crippen LogP contribution in [0.2, 0.25) is 0 Å². The molecule has 15 nitrogen and oxygen atoms in total. The van der Waals surface area contributed by atoms with E-state index in [9.17, 15) is 50.8 Å². The number of carbonyl (C=O) groups is 1. The average Bonchev–Trinajstić information content (AvgIpc) is 2.75. The van der Waals surface area contributed by atoms with Gasteiger partial charge in [0, 0.05) is 0 Å². The number of aliphatic hydroxyl groups excluding tert-OH is 8. The Morgan fingerprint density at radius 2 is 1.18 bits per heavy atom. The predicted octanol–water partition coefficient (Wildman–Crippen LogP) is -5.43. The third-order valence-electron chi connectivity index (χ3n) is 5.98. The maximum atomic E-state index is 11.3. The summed E-state index contributed by atoms with van der Waals surface area (Å²) in [6, 6.07) is 0. The lowest BCUT2D eigenvalue weighted by Gasteiger charge is -2.47. The van der Waals surface area contributed by atoms with Crippen molar-refractivity contribution in [3.8, 4) is 0 Å². The number of hydrogen-bond acceptors (Lipinski definition) is 14. The second kappa shape index (κ2) is 10.3. The molecule has 3 saturated heterocycles. The quantitative estimate of drug-likeness (QED) is 0.176. The van der Waals surface area contributed by atoms with E-state index < -0.39 is 98.1 Å². The molecule has 9 N–H and O–H groups in total. The van der Waals surface area contributed by atoms with E-state index in [-0.39, 0.29) is 0 Å². The molecule has 0 amide bonds. The van der Waals surface area contributed by atoms with Crippen LogP contribution >= 0.6 is 0 Å². The highest BCUT2D eigenvalue weighted by Crippen LogP contribution is 2.32. The molecule has 15 heteroatoms. The third kappa shape index (κ3) is 5.15. The standard InChI is InChI=1S/C18H30O15/c1-3-5(19)8(22)14(33-17-10(24)7(21)9(23)13(32-17)15(26)27)18(30-3)31-12-6(20)4(2)29-16(28)11(12)25/h3-14,16-25,28H,1-2H3,(H,26,27)/t3?,4?,5-,6-,7-,8-,9+,10?,11?,12-,13?,14?,16?,17-,18-/m0/s1. The summed E-state index contributed by atoms with van der Waals surface area (Å²) in [5.41, 5.74) is 0. The summed E-state index contributed by atoms with van der Waals surface area (Å²) in [5, 5.41) is 90.3. The summed E-state index contributed by atoms with van der Waals surface area (Å²) >= 11 is 0. The molecule has 0 aromatic rings. The lowest BCUT2D eigenvalue weighted by Crippen LogP contribution is -2.66. The van der Waals surface area contributed by atoms with Gasteiger partial charge in [0.05, 0.1) is 12.2 Å². The van der Waals surface area contributed by atoms with E-state index >= 15 is 0 Å². The van der Waals surface area contributed by atoms with Crippen LogP contribution in [0.15, 0.2) is 0 Å². The molecule has 0 aromatic heterocycles. The van der Waals surface area contributed by atoms with Gasteiger partial charge in [-0.15, -0.1) is 0 Å². The van der Waals surface area contributed by atoms with Gasteiger partial charge in [-0.3, -0.25) is 0 Å². The van der Waals surface area contributed by atoms with Crippen molar-refractivity contribution in [2.45, 2.75) is 106 Å². The fourth-order valence-electron chi connectivity index (χ4n) is 3.90. The summed E-state index contributed by atoms with van der Waals surface area (Å²) in [6.45, 7) is 2.78. The van der Waals surface area contributed by atoms with Crippen molar-refractivity contribution in [3.05, 3.63) is 0 Å². The molecule has 3 fully saturated rings. The number of ether oxygens (including phenoxy) is 5. The lowest BCUT2D eigenvalue weighted by atomic mass is 9.96. The van der Waals surface area contributed by atoms with E-state index in [1.165, 1.54) is 13.8 Å². The first-order chi connectivity index (χ1) is 15.3. The molecule has 0 aliphatic carbocycles. The van der Waals surface area contributed by atoms with E-state index in [4.69, 9.17) is 23.7 Å². The van der Waals surface area contributed by atoms with Gasteiger partial charge in [0.25, 0.3) is 0 Å². The first kappa shape index (κ1) is 26.6. The molecule has 0 spiro atoms. The molecule has 7 unspecified atom stereocenters. The van der Waals surface area contributed by atoms with Crippen LogP contribution in [0.3, 0.4) is 0 Å². The van der Waals surface area contributed by atoms with Crippen molar-refractivity contribution in [3.63, 3.8) is 0 Å². The Balaban J connectivity index is 1.83. The number of rotatable bonds is 5. The molecular weight excluding hydrogens is 456 g/mol. The van der Waals surface area contributed by atoms with Crippen LogP contribution in [-0.4, -0.2) is 144 Å². The highest BCUT2D eigenvalue weighted by molar-refractivity contribution is 5.73. The minimum Gasteiger partial charge on any atom is -0.479 e. The molecule has 3 aliphatic rings. The van der Waals surface area contributed by atoms with Crippen molar-refractivity contribution >= 4 is 5.97 Å². The predicted molar refractivity (Wildman–Crippen MR) is 99.0 cm³/mol. The summed E-state index contributed by atoms with van der Waals surface area (Å²) in [7, 11) is 0. The largest absolute Gasteiger partial charge is 0.479 e. The Morgan fingerprint density at radius 1 is 0.606 bits per heavy atom. The molecule has 0 radical (unpaired) electrons. The smallest absolute Gasteiger partial charge is 0.335 e. The van der Waals surface area contributed by atoms with Crippen molar-refractivity contribution in [2.24, 2.45) is 0 Å². The lowest BCUT2D eigenvalue weighted by molar-refractivity contribution is -0.381. The second-order valence-corrected chi connectivity index (χ2v) is 8.34. The van der Waals surface area contributed by atoms with Crippen LogP contribution in [0, 0.1) is 0 Å². The number of aliphatic hydroxyl groups is 8. The van der Waals surface area contributed by atoms with Crippen LogP contribution < -0.4 is 0 Å². The van der Waals surface area contributed by atoms with Crippen molar-refractivity contribution in [2.75, 3.05) is 0 Å². The molecule has 15 atom stereocenters. The Hall–Kier alpha value is -1.05. The van der Waals surface area contributed by atoms with Crippen molar-refractivity contribution in [1.82, 2.24) is 0 Å². The first-order valence-electron chi connectivity index (χ1n) is 10.3. The topological polar surface area (TPSA) is 245 Å². The number of carboxylic acids is 1. The van der Waals surface area contributed by atoms with Crippen molar-refractivity contribution in [1.29, 1.82) is 0 Å². The molecule has 0 saturated carbocycles. The maximum Gasteiger partial charge on any atom is 0.335 e. The van der Waals surface area contributed by atoms with Gasteiger partial charge in [-0.05, 0) is 13.8 Å². The van der Waals surface area contributed by atoms with Gasteiger partial charge >= 0.3 is 5.97 Å². The van der Waals surface area contributed by atoms with Crippen LogP contribution in [-0.2, 0) is 28.5 Å². The van der Waals surface area contributed by atoms with E-state index in [0.29, 0.717) is 0 Å². The SMILES string of the molecule is CC1O[C@@H](O[C@@H]2C(O)C(O)OC(C)[C@@H]2O)C(O[C@@H]2OC(C(=O)O)[C@H](O)[C@H](O)C2O)[C@@H](O)[C@H]1O. The van der Waals surface area contributed by atoms with Crippen LogP contribution in [0.4, 0.5) is 0 Å². The normalized spacial score (nSPS) is 53.6. The molecule has 192 valence electrons. The minimum atomic E-state index is -2.00. The molecule has 0 bridgehead atoms. The fraction of sp³-hybridized carbons (Fsp3) is 0.944. The van der Waals surface area contributed by atoms with Crippen LogP contribution in [0.25, 0.3) is 0 Å². The molecule has 3 rings (SSSR count). The van der Waals surface area contributed by atoms with Gasteiger partial charge < -0.3 is 69.6 Å². The average molecular weight is 486 g/mol. The van der Waals surface area contributed by atoms with Gasteiger partial charge in [0.2, 0.25) is 0 Å². The zero-order chi connectivity index (χ0) is 24.8. The van der Waals surface area contributed by atoms with Gasteiger partial charge in [-0.2, -0.15) is 0 Å². The second-order valence-electron chi connectivity index (χ2n) is 8.34. The highest BCUT2D eigenvalue weighted by atomic mass is 16.8. The van der Waals surface area contributed by atoms with Crippen LogP contribution in [0.1, 0.15) is 13.8 Å². The number of carboxylic acid groups (broad SMARTS) is 1. The molecule has 0 aromatic carbocycles. The summed E-state index contributed by atoms with van der Waals surface area (Å²) in [4.78, 5) is 11.3. The van der Waals surface area contributed by atoms with Gasteiger partial charge in [0.15, 0.2) is 25.0 Å². The Bertz CT molecular complexity index is 665. The van der Waals surface area contributed by atoms with Crippen LogP contribution in [0.5, 0.6) is 0 Å². The maximum absolute atomic E-state index is 11.3. The Labute approximate surface area is 187 Å². The van der Waals surface area contributed by atoms with E-state index in [1.54, 1.807) is 0 Å². The first-order valence-corrected chi connectivity index (χ1v) is 10.3. The van der Waals surface area contributed by atoms with E-state index in [0.717, 1.165) is 0 Å². The third-order valence-corrected chi connectivity index (χ3v) is 5.98. The van der Waals surface area contributed by atoms with E-state index in [2.05, 4.69) is 0 Å².